The van der Waals surface area contributed by atoms with E-state index in [1.807, 2.05) is 20.8 Å². The summed E-state index contributed by atoms with van der Waals surface area (Å²) < 4.78 is 18.3. The largest absolute Gasteiger partial charge is 0.494 e. The number of nitrogens with two attached hydrogens (primary N) is 1. The number of ketones is 1. The van der Waals surface area contributed by atoms with Gasteiger partial charge in [0.2, 0.25) is 0 Å². The van der Waals surface area contributed by atoms with E-state index >= 15 is 0 Å². The number of ether oxygens (including phenoxy) is 1. The van der Waals surface area contributed by atoms with Gasteiger partial charge in [-0.05, 0) is 23.1 Å². The molecule has 0 saturated heterocycles. The first-order valence-corrected chi connectivity index (χ1v) is 6.33. The second kappa shape index (κ2) is 6.15. The first-order chi connectivity index (χ1) is 8.74. The Morgan fingerprint density at radius 1 is 1.42 bits per heavy atom. The highest BCUT2D eigenvalue weighted by atomic mass is 19.1. The summed E-state index contributed by atoms with van der Waals surface area (Å²) in [7, 11) is 1.41. The van der Waals surface area contributed by atoms with Crippen LogP contribution >= 0.6 is 0 Å². The molecular weight excluding hydrogens is 245 g/mol. The molecule has 19 heavy (non-hydrogen) atoms. The van der Waals surface area contributed by atoms with Crippen LogP contribution in [0.25, 0.3) is 0 Å². The third-order valence-electron chi connectivity index (χ3n) is 3.18. The lowest BCUT2D eigenvalue weighted by atomic mass is 9.84. The zero-order valence-corrected chi connectivity index (χ0v) is 12.0. The van der Waals surface area contributed by atoms with Crippen LogP contribution in [0.2, 0.25) is 0 Å². The monoisotopic (exact) mass is 267 g/mol. The number of hydrogen-bond donors (Lipinski definition) is 1. The standard InChI is InChI=1S/C15H22FNO2/c1-15(2,3)14(17)9-11(18)7-10-5-6-13(19-4)12(16)8-10/h5-6,8,14H,7,9,17H2,1-4H3. The van der Waals surface area contributed by atoms with Gasteiger partial charge in [-0.15, -0.1) is 0 Å². The molecule has 0 aromatic heterocycles. The van der Waals surface area contributed by atoms with Crippen molar-refractivity contribution in [3.63, 3.8) is 0 Å². The van der Waals surface area contributed by atoms with Crippen molar-refractivity contribution in [2.45, 2.75) is 39.7 Å². The summed E-state index contributed by atoms with van der Waals surface area (Å²) in [4.78, 5) is 11.9. The second-order valence-electron chi connectivity index (χ2n) is 5.86. The molecule has 1 aromatic carbocycles. The van der Waals surface area contributed by atoms with E-state index < -0.39 is 5.82 Å². The lowest BCUT2D eigenvalue weighted by Gasteiger charge is -2.26. The maximum atomic E-state index is 13.5. The van der Waals surface area contributed by atoms with E-state index in [0.717, 1.165) is 0 Å². The molecule has 0 heterocycles. The Morgan fingerprint density at radius 3 is 2.53 bits per heavy atom. The van der Waals surface area contributed by atoms with Crippen molar-refractivity contribution >= 4 is 5.78 Å². The molecule has 1 unspecified atom stereocenters. The van der Waals surface area contributed by atoms with Gasteiger partial charge < -0.3 is 10.5 Å². The SMILES string of the molecule is COc1ccc(CC(=O)CC(N)C(C)(C)C)cc1F. The van der Waals surface area contributed by atoms with Crippen molar-refractivity contribution in [3.8, 4) is 5.75 Å². The quantitative estimate of drug-likeness (QED) is 0.892. The van der Waals surface area contributed by atoms with E-state index in [9.17, 15) is 9.18 Å². The summed E-state index contributed by atoms with van der Waals surface area (Å²) in [6, 6.07) is 4.37. The number of methoxy groups -OCH3 is 1. The first-order valence-electron chi connectivity index (χ1n) is 6.33. The van der Waals surface area contributed by atoms with Crippen LogP contribution < -0.4 is 10.5 Å². The summed E-state index contributed by atoms with van der Waals surface area (Å²) in [5, 5.41) is 0. The molecule has 1 aromatic rings. The van der Waals surface area contributed by atoms with E-state index in [4.69, 9.17) is 10.5 Å². The van der Waals surface area contributed by atoms with Crippen LogP contribution in [0, 0.1) is 11.2 Å². The topological polar surface area (TPSA) is 52.3 Å². The first kappa shape index (κ1) is 15.6. The number of Topliss-reactive ketones (excluding diaryl/α,β-unsaturated/α-hetero) is 1. The minimum absolute atomic E-state index is 0.0204. The van der Waals surface area contributed by atoms with Crippen LogP contribution in [-0.2, 0) is 11.2 Å². The fourth-order valence-electron chi connectivity index (χ4n) is 1.67. The molecule has 4 heteroatoms. The molecule has 1 rings (SSSR count). The molecule has 0 aliphatic rings. The van der Waals surface area contributed by atoms with Gasteiger partial charge in [-0.1, -0.05) is 26.8 Å². The fraction of sp³-hybridized carbons (Fsp3) is 0.533. The smallest absolute Gasteiger partial charge is 0.165 e. The molecule has 3 nitrogen and oxygen atoms in total. The minimum atomic E-state index is -0.451. The molecule has 0 saturated carbocycles. The Kier molecular flexibility index (Phi) is 5.06. The van der Waals surface area contributed by atoms with Crippen molar-refractivity contribution in [3.05, 3.63) is 29.6 Å². The molecule has 0 bridgehead atoms. The van der Waals surface area contributed by atoms with E-state index in [2.05, 4.69) is 0 Å². The summed E-state index contributed by atoms with van der Waals surface area (Å²) in [6.07, 6.45) is 0.502. The molecule has 0 amide bonds. The van der Waals surface area contributed by atoms with Gasteiger partial charge in [-0.3, -0.25) is 4.79 Å². The van der Waals surface area contributed by atoms with Crippen molar-refractivity contribution in [1.29, 1.82) is 0 Å². The Hall–Kier alpha value is -1.42. The van der Waals surface area contributed by atoms with Crippen LogP contribution in [-0.4, -0.2) is 18.9 Å². The normalized spacial score (nSPS) is 13.2. The third kappa shape index (κ3) is 4.63. The zero-order valence-electron chi connectivity index (χ0n) is 12.0. The second-order valence-corrected chi connectivity index (χ2v) is 5.86. The number of carbonyl (C=O) groups excluding carboxylic acids is 1. The average molecular weight is 267 g/mol. The maximum Gasteiger partial charge on any atom is 0.165 e. The number of carbonyl (C=O) groups is 1. The summed E-state index contributed by atoms with van der Waals surface area (Å²) in [6.45, 7) is 5.99. The molecule has 2 N–H and O–H groups in total. The van der Waals surface area contributed by atoms with Gasteiger partial charge >= 0.3 is 0 Å². The lowest BCUT2D eigenvalue weighted by molar-refractivity contribution is -0.119. The van der Waals surface area contributed by atoms with Crippen LogP contribution in [0.1, 0.15) is 32.8 Å². The lowest BCUT2D eigenvalue weighted by Crippen LogP contribution is -2.37. The maximum absolute atomic E-state index is 13.5. The summed E-state index contributed by atoms with van der Waals surface area (Å²) in [5.41, 5.74) is 6.50. The van der Waals surface area contributed by atoms with Gasteiger partial charge in [-0.25, -0.2) is 4.39 Å². The van der Waals surface area contributed by atoms with Crippen LogP contribution in [0.4, 0.5) is 4.39 Å². The van der Waals surface area contributed by atoms with Crippen LogP contribution in [0.3, 0.4) is 0 Å². The molecule has 0 aliphatic heterocycles. The third-order valence-corrected chi connectivity index (χ3v) is 3.18. The number of halogens is 1. The minimum Gasteiger partial charge on any atom is -0.494 e. The fourth-order valence-corrected chi connectivity index (χ4v) is 1.67. The molecule has 0 fully saturated rings. The highest BCUT2D eigenvalue weighted by molar-refractivity contribution is 5.81. The predicted octanol–water partition coefficient (Wildman–Crippen LogP) is 2.71. The van der Waals surface area contributed by atoms with E-state index in [0.29, 0.717) is 12.0 Å². The van der Waals surface area contributed by atoms with Crippen molar-refractivity contribution in [2.75, 3.05) is 7.11 Å². The van der Waals surface area contributed by atoms with Gasteiger partial charge in [0.1, 0.15) is 5.78 Å². The zero-order chi connectivity index (χ0) is 14.6. The van der Waals surface area contributed by atoms with Crippen LogP contribution in [0.15, 0.2) is 18.2 Å². The molecule has 0 aliphatic carbocycles. The summed E-state index contributed by atoms with van der Waals surface area (Å²) in [5.74, 6) is -0.248. The molecule has 0 radical (unpaired) electrons. The van der Waals surface area contributed by atoms with Gasteiger partial charge in [0, 0.05) is 18.9 Å². The summed E-state index contributed by atoms with van der Waals surface area (Å²) >= 11 is 0. The molecule has 1 atom stereocenters. The van der Waals surface area contributed by atoms with Gasteiger partial charge in [0.25, 0.3) is 0 Å². The van der Waals surface area contributed by atoms with E-state index in [1.54, 1.807) is 6.07 Å². The number of benzene rings is 1. The van der Waals surface area contributed by atoms with Crippen LogP contribution in [0.5, 0.6) is 5.75 Å². The number of hydrogen-bond acceptors (Lipinski definition) is 3. The van der Waals surface area contributed by atoms with E-state index in [1.165, 1.54) is 19.2 Å². The highest BCUT2D eigenvalue weighted by Crippen LogP contribution is 2.22. The molecular formula is C15H22FNO2. The van der Waals surface area contributed by atoms with E-state index in [-0.39, 0.29) is 29.4 Å². The Balaban J connectivity index is 2.65. The van der Waals surface area contributed by atoms with Crippen molar-refractivity contribution < 1.29 is 13.9 Å². The Morgan fingerprint density at radius 2 is 2.05 bits per heavy atom. The average Bonchev–Trinajstić information content (AvgIpc) is 2.27. The van der Waals surface area contributed by atoms with Crippen molar-refractivity contribution in [1.82, 2.24) is 0 Å². The molecule has 0 spiro atoms. The predicted molar refractivity (Wildman–Crippen MR) is 73.7 cm³/mol. The van der Waals surface area contributed by atoms with Gasteiger partial charge in [0.15, 0.2) is 11.6 Å². The molecule has 106 valence electrons. The van der Waals surface area contributed by atoms with Gasteiger partial charge in [-0.2, -0.15) is 0 Å². The Bertz CT molecular complexity index is 452. The Labute approximate surface area is 113 Å². The highest BCUT2D eigenvalue weighted by Gasteiger charge is 2.23. The number of rotatable bonds is 5. The van der Waals surface area contributed by atoms with Crippen molar-refractivity contribution in [2.24, 2.45) is 11.1 Å². The van der Waals surface area contributed by atoms with Gasteiger partial charge in [0.05, 0.1) is 7.11 Å².